The lowest BCUT2D eigenvalue weighted by molar-refractivity contribution is 0.0344. The molecule has 0 spiro atoms. The first-order valence-electron chi connectivity index (χ1n) is 7.12. The average Bonchev–Trinajstić information content (AvgIpc) is 2.40. The minimum Gasteiger partial charge on any atom is -0.381 e. The van der Waals surface area contributed by atoms with E-state index in [1.54, 1.807) is 6.20 Å². The van der Waals surface area contributed by atoms with Crippen molar-refractivity contribution in [1.29, 1.82) is 0 Å². The molecule has 1 saturated heterocycles. The van der Waals surface area contributed by atoms with Gasteiger partial charge in [-0.3, -0.25) is 9.88 Å². The van der Waals surface area contributed by atoms with Crippen molar-refractivity contribution < 1.29 is 4.74 Å². The number of hydrogen-bond acceptors (Lipinski definition) is 4. The number of nitrogens with zero attached hydrogens (tertiary/aromatic N) is 2. The maximum Gasteiger partial charge on any atom is 0.0509 e. The van der Waals surface area contributed by atoms with E-state index in [1.807, 2.05) is 12.3 Å². The number of rotatable bonds is 5. The number of aromatic nitrogens is 1. The van der Waals surface area contributed by atoms with E-state index >= 15 is 0 Å². The molecule has 2 heterocycles. The summed E-state index contributed by atoms with van der Waals surface area (Å²) >= 11 is 0. The quantitative estimate of drug-likeness (QED) is 0.880. The van der Waals surface area contributed by atoms with Crippen molar-refractivity contribution >= 4 is 0 Å². The van der Waals surface area contributed by atoms with Gasteiger partial charge < -0.3 is 10.5 Å². The van der Waals surface area contributed by atoms with Crippen molar-refractivity contribution in [3.05, 3.63) is 30.1 Å². The lowest BCUT2D eigenvalue weighted by Crippen LogP contribution is -2.41. The van der Waals surface area contributed by atoms with Crippen LogP contribution in [-0.4, -0.2) is 42.7 Å². The Balaban J connectivity index is 2.02. The first-order chi connectivity index (χ1) is 9.18. The van der Waals surface area contributed by atoms with Crippen molar-refractivity contribution in [2.75, 3.05) is 26.8 Å². The predicted molar refractivity (Wildman–Crippen MR) is 76.8 cm³/mol. The highest BCUT2D eigenvalue weighted by molar-refractivity contribution is 5.15. The van der Waals surface area contributed by atoms with E-state index in [-0.39, 0.29) is 12.1 Å². The molecule has 1 aromatic rings. The summed E-state index contributed by atoms with van der Waals surface area (Å²) in [6.07, 6.45) is 6.15. The Morgan fingerprint density at radius 3 is 3.00 bits per heavy atom. The van der Waals surface area contributed by atoms with Gasteiger partial charge in [-0.2, -0.15) is 0 Å². The largest absolute Gasteiger partial charge is 0.381 e. The maximum absolute atomic E-state index is 6.17. The van der Waals surface area contributed by atoms with Crippen LogP contribution < -0.4 is 5.73 Å². The molecule has 0 aliphatic carbocycles. The summed E-state index contributed by atoms with van der Waals surface area (Å²) < 4.78 is 5.56. The highest BCUT2D eigenvalue weighted by Crippen LogP contribution is 2.24. The number of nitrogens with two attached hydrogens (primary N) is 1. The van der Waals surface area contributed by atoms with Crippen LogP contribution in [0.5, 0.6) is 0 Å². The highest BCUT2D eigenvalue weighted by atomic mass is 16.5. The molecule has 4 heteroatoms. The summed E-state index contributed by atoms with van der Waals surface area (Å²) in [5.41, 5.74) is 7.37. The molecule has 0 aromatic carbocycles. The van der Waals surface area contributed by atoms with Gasteiger partial charge >= 0.3 is 0 Å². The van der Waals surface area contributed by atoms with E-state index in [2.05, 4.69) is 29.9 Å². The first-order valence-corrected chi connectivity index (χ1v) is 7.12. The fourth-order valence-corrected chi connectivity index (χ4v) is 2.98. The summed E-state index contributed by atoms with van der Waals surface area (Å²) in [7, 11) is 2.15. The zero-order valence-electron chi connectivity index (χ0n) is 12.0. The van der Waals surface area contributed by atoms with E-state index < -0.39 is 0 Å². The minimum absolute atomic E-state index is 0.0821. The Hall–Kier alpha value is -0.970. The van der Waals surface area contributed by atoms with Crippen molar-refractivity contribution in [3.8, 4) is 0 Å². The Kier molecular flexibility index (Phi) is 5.31. The van der Waals surface area contributed by atoms with Gasteiger partial charge in [0.25, 0.3) is 0 Å². The van der Waals surface area contributed by atoms with Crippen LogP contribution in [0, 0.1) is 5.92 Å². The Bertz CT molecular complexity index is 363. The molecule has 1 aliphatic heterocycles. The van der Waals surface area contributed by atoms with Gasteiger partial charge in [-0.05, 0) is 44.4 Å². The molecule has 3 unspecified atom stereocenters. The molecule has 19 heavy (non-hydrogen) atoms. The summed E-state index contributed by atoms with van der Waals surface area (Å²) in [6.45, 7) is 4.88. The molecule has 1 aliphatic rings. The molecule has 1 aromatic heterocycles. The second-order valence-electron chi connectivity index (χ2n) is 5.61. The minimum atomic E-state index is 0.0821. The third-order valence-corrected chi connectivity index (χ3v) is 3.80. The molecule has 0 amide bonds. The van der Waals surface area contributed by atoms with Gasteiger partial charge in [0.05, 0.1) is 12.6 Å². The van der Waals surface area contributed by atoms with Gasteiger partial charge in [-0.1, -0.05) is 6.07 Å². The third-order valence-electron chi connectivity index (χ3n) is 3.80. The molecular formula is C15H25N3O. The van der Waals surface area contributed by atoms with Crippen LogP contribution in [0.4, 0.5) is 0 Å². The van der Waals surface area contributed by atoms with Crippen molar-refractivity contribution in [2.45, 2.75) is 31.8 Å². The fraction of sp³-hybridized carbons (Fsp3) is 0.667. The zero-order chi connectivity index (χ0) is 13.7. The number of ether oxygens (including phenoxy) is 1. The van der Waals surface area contributed by atoms with Crippen LogP contribution in [0.3, 0.4) is 0 Å². The third kappa shape index (κ3) is 4.00. The molecule has 0 saturated carbocycles. The van der Waals surface area contributed by atoms with Crippen LogP contribution >= 0.6 is 0 Å². The van der Waals surface area contributed by atoms with E-state index in [0.29, 0.717) is 5.92 Å². The smallest absolute Gasteiger partial charge is 0.0509 e. The summed E-state index contributed by atoms with van der Waals surface area (Å²) in [4.78, 5) is 6.56. The Morgan fingerprint density at radius 1 is 1.58 bits per heavy atom. The first kappa shape index (κ1) is 14.4. The molecule has 3 atom stereocenters. The molecule has 2 N–H and O–H groups in total. The van der Waals surface area contributed by atoms with Gasteiger partial charge in [0, 0.05) is 31.6 Å². The Morgan fingerprint density at radius 2 is 2.42 bits per heavy atom. The zero-order valence-corrected chi connectivity index (χ0v) is 12.0. The summed E-state index contributed by atoms with van der Waals surface area (Å²) in [6, 6.07) is 4.38. The number of likely N-dealkylation sites (N-methyl/N-ethyl adjacent to an activating group) is 1. The molecule has 0 radical (unpaired) electrons. The Labute approximate surface area is 116 Å². The topological polar surface area (TPSA) is 51.4 Å². The van der Waals surface area contributed by atoms with E-state index in [1.165, 1.54) is 18.4 Å². The fourth-order valence-electron chi connectivity index (χ4n) is 2.98. The molecule has 1 fully saturated rings. The van der Waals surface area contributed by atoms with Crippen LogP contribution in [-0.2, 0) is 4.74 Å². The SMILES string of the molecule is CC(N)C(c1cccnc1)N(C)CC1CCCOC1. The summed E-state index contributed by atoms with van der Waals surface area (Å²) in [5, 5.41) is 0. The monoisotopic (exact) mass is 263 g/mol. The normalized spacial score (nSPS) is 23.3. The van der Waals surface area contributed by atoms with Crippen LogP contribution in [0.15, 0.2) is 24.5 Å². The molecular weight excluding hydrogens is 238 g/mol. The lowest BCUT2D eigenvalue weighted by atomic mass is 9.97. The second kappa shape index (κ2) is 6.98. The molecule has 106 valence electrons. The lowest BCUT2D eigenvalue weighted by Gasteiger charge is -2.35. The van der Waals surface area contributed by atoms with Crippen molar-refractivity contribution in [3.63, 3.8) is 0 Å². The van der Waals surface area contributed by atoms with Crippen LogP contribution in [0.25, 0.3) is 0 Å². The van der Waals surface area contributed by atoms with Gasteiger partial charge in [-0.25, -0.2) is 0 Å². The highest BCUT2D eigenvalue weighted by Gasteiger charge is 2.24. The standard InChI is InChI=1S/C15H25N3O/c1-12(16)15(14-6-3-7-17-9-14)18(2)10-13-5-4-8-19-11-13/h3,6-7,9,12-13,15H,4-5,8,10-11,16H2,1-2H3. The maximum atomic E-state index is 6.17. The molecule has 4 nitrogen and oxygen atoms in total. The van der Waals surface area contributed by atoms with E-state index in [9.17, 15) is 0 Å². The molecule has 0 bridgehead atoms. The average molecular weight is 263 g/mol. The van der Waals surface area contributed by atoms with Gasteiger partial charge in [0.1, 0.15) is 0 Å². The molecule has 2 rings (SSSR count). The number of hydrogen-bond donors (Lipinski definition) is 1. The predicted octanol–water partition coefficient (Wildman–Crippen LogP) is 1.83. The summed E-state index contributed by atoms with van der Waals surface area (Å²) in [5.74, 6) is 0.622. The number of pyridine rings is 1. The van der Waals surface area contributed by atoms with E-state index in [0.717, 1.165) is 19.8 Å². The van der Waals surface area contributed by atoms with Crippen LogP contribution in [0.1, 0.15) is 31.4 Å². The van der Waals surface area contributed by atoms with Crippen molar-refractivity contribution in [1.82, 2.24) is 9.88 Å². The van der Waals surface area contributed by atoms with Crippen LogP contribution in [0.2, 0.25) is 0 Å². The van der Waals surface area contributed by atoms with E-state index in [4.69, 9.17) is 10.5 Å². The van der Waals surface area contributed by atoms with Gasteiger partial charge in [0.15, 0.2) is 0 Å². The second-order valence-corrected chi connectivity index (χ2v) is 5.61. The van der Waals surface area contributed by atoms with Gasteiger partial charge in [0.2, 0.25) is 0 Å². The van der Waals surface area contributed by atoms with Crippen molar-refractivity contribution in [2.24, 2.45) is 11.7 Å². The van der Waals surface area contributed by atoms with Gasteiger partial charge in [-0.15, -0.1) is 0 Å².